The zero-order valence-corrected chi connectivity index (χ0v) is 16.4. The second-order valence-corrected chi connectivity index (χ2v) is 7.39. The number of ether oxygens (including phenoxy) is 2. The molecule has 0 unspecified atom stereocenters. The van der Waals surface area contributed by atoms with Crippen LogP contribution in [0.2, 0.25) is 0 Å². The molecule has 27 heavy (non-hydrogen) atoms. The Kier molecular flexibility index (Phi) is 6.34. The molecule has 2 amide bonds. The van der Waals surface area contributed by atoms with Gasteiger partial charge in [-0.25, -0.2) is 0 Å². The van der Waals surface area contributed by atoms with Gasteiger partial charge in [-0.05, 0) is 62.4 Å². The molecule has 6 nitrogen and oxygen atoms in total. The Balaban J connectivity index is 1.69. The summed E-state index contributed by atoms with van der Waals surface area (Å²) in [6, 6.07) is 7.04. The number of amides is 2. The molecule has 1 aromatic heterocycles. The van der Waals surface area contributed by atoms with E-state index in [9.17, 15) is 9.59 Å². The molecule has 7 heteroatoms. The van der Waals surface area contributed by atoms with Crippen molar-refractivity contribution in [1.29, 1.82) is 0 Å². The summed E-state index contributed by atoms with van der Waals surface area (Å²) in [4.78, 5) is 26.1. The van der Waals surface area contributed by atoms with E-state index in [-0.39, 0.29) is 18.4 Å². The molecule has 0 saturated carbocycles. The fourth-order valence-corrected chi connectivity index (χ4v) is 4.43. The van der Waals surface area contributed by atoms with Crippen molar-refractivity contribution in [2.45, 2.75) is 32.6 Å². The van der Waals surface area contributed by atoms with Crippen molar-refractivity contribution in [3.8, 4) is 11.5 Å². The number of hydrogen-bond donors (Lipinski definition) is 2. The van der Waals surface area contributed by atoms with Crippen LogP contribution in [0, 0.1) is 0 Å². The first-order valence-electron chi connectivity index (χ1n) is 9.11. The Morgan fingerprint density at radius 1 is 1.11 bits per heavy atom. The third-order valence-corrected chi connectivity index (χ3v) is 5.63. The molecule has 3 rings (SSSR count). The summed E-state index contributed by atoms with van der Waals surface area (Å²) in [5, 5.41) is 6.34. The number of methoxy groups -OCH3 is 1. The van der Waals surface area contributed by atoms with E-state index in [4.69, 9.17) is 9.47 Å². The number of rotatable bonds is 7. The summed E-state index contributed by atoms with van der Waals surface area (Å²) < 4.78 is 10.6. The molecule has 0 radical (unpaired) electrons. The first-order valence-corrected chi connectivity index (χ1v) is 9.93. The van der Waals surface area contributed by atoms with Crippen LogP contribution >= 0.6 is 11.3 Å². The third-order valence-electron chi connectivity index (χ3n) is 4.42. The van der Waals surface area contributed by atoms with Crippen molar-refractivity contribution >= 4 is 28.2 Å². The van der Waals surface area contributed by atoms with Gasteiger partial charge in [-0.2, -0.15) is 0 Å². The number of carbonyl (C=O) groups excluding carboxylic acids is 2. The SMILES string of the molecule is CCNC(=O)c1c(NC(=O)COc2ccc(OC)cc2)sc2c1CCCC2. The zero-order valence-electron chi connectivity index (χ0n) is 15.6. The maximum Gasteiger partial charge on any atom is 0.262 e. The van der Waals surface area contributed by atoms with E-state index in [1.807, 2.05) is 6.92 Å². The predicted octanol–water partition coefficient (Wildman–Crippen LogP) is 3.40. The summed E-state index contributed by atoms with van der Waals surface area (Å²) in [7, 11) is 1.59. The smallest absolute Gasteiger partial charge is 0.262 e. The van der Waals surface area contributed by atoms with E-state index >= 15 is 0 Å². The van der Waals surface area contributed by atoms with Gasteiger partial charge in [-0.15, -0.1) is 11.3 Å². The number of carbonyl (C=O) groups is 2. The van der Waals surface area contributed by atoms with E-state index in [2.05, 4.69) is 10.6 Å². The van der Waals surface area contributed by atoms with Crippen molar-refractivity contribution < 1.29 is 19.1 Å². The molecule has 0 fully saturated rings. The van der Waals surface area contributed by atoms with E-state index < -0.39 is 0 Å². The highest BCUT2D eigenvalue weighted by atomic mass is 32.1. The second-order valence-electron chi connectivity index (χ2n) is 6.29. The number of hydrogen-bond acceptors (Lipinski definition) is 5. The Bertz CT molecular complexity index is 814. The van der Waals surface area contributed by atoms with Gasteiger partial charge in [0.15, 0.2) is 6.61 Å². The third kappa shape index (κ3) is 4.60. The van der Waals surface area contributed by atoms with E-state index in [1.165, 1.54) is 16.2 Å². The number of benzene rings is 1. The molecule has 1 aromatic carbocycles. The van der Waals surface area contributed by atoms with Gasteiger partial charge in [0.1, 0.15) is 16.5 Å². The summed E-state index contributed by atoms with van der Waals surface area (Å²) in [5.74, 6) is 0.904. The van der Waals surface area contributed by atoms with Crippen LogP contribution in [-0.2, 0) is 17.6 Å². The quantitative estimate of drug-likeness (QED) is 0.762. The van der Waals surface area contributed by atoms with Crippen LogP contribution in [0.25, 0.3) is 0 Å². The van der Waals surface area contributed by atoms with Gasteiger partial charge in [0, 0.05) is 11.4 Å². The van der Waals surface area contributed by atoms with Crippen molar-refractivity contribution in [2.24, 2.45) is 0 Å². The van der Waals surface area contributed by atoms with Gasteiger partial charge >= 0.3 is 0 Å². The largest absolute Gasteiger partial charge is 0.497 e. The molecule has 144 valence electrons. The lowest BCUT2D eigenvalue weighted by molar-refractivity contribution is -0.118. The molecule has 1 heterocycles. The fraction of sp³-hybridized carbons (Fsp3) is 0.400. The molecule has 0 spiro atoms. The van der Waals surface area contributed by atoms with Crippen molar-refractivity contribution in [2.75, 3.05) is 25.6 Å². The first-order chi connectivity index (χ1) is 13.1. The molecule has 1 aliphatic rings. The monoisotopic (exact) mass is 388 g/mol. The van der Waals surface area contributed by atoms with E-state index in [0.29, 0.717) is 22.9 Å². The highest BCUT2D eigenvalue weighted by molar-refractivity contribution is 7.17. The van der Waals surface area contributed by atoms with Gasteiger partial charge in [-0.3, -0.25) is 9.59 Å². The van der Waals surface area contributed by atoms with Gasteiger partial charge in [0.2, 0.25) is 0 Å². The number of aryl methyl sites for hydroxylation is 1. The Hall–Kier alpha value is -2.54. The van der Waals surface area contributed by atoms with Crippen molar-refractivity contribution in [1.82, 2.24) is 5.32 Å². The van der Waals surface area contributed by atoms with Crippen LogP contribution < -0.4 is 20.1 Å². The normalized spacial score (nSPS) is 12.8. The first kappa shape index (κ1) is 19.2. The molecule has 0 bridgehead atoms. The van der Waals surface area contributed by atoms with Gasteiger partial charge in [0.05, 0.1) is 12.7 Å². The number of anilines is 1. The van der Waals surface area contributed by atoms with Gasteiger partial charge < -0.3 is 20.1 Å². The molecule has 0 aliphatic heterocycles. The second kappa shape index (κ2) is 8.90. The fourth-order valence-electron chi connectivity index (χ4n) is 3.13. The summed E-state index contributed by atoms with van der Waals surface area (Å²) in [6.45, 7) is 2.32. The summed E-state index contributed by atoms with van der Waals surface area (Å²) in [6.07, 6.45) is 4.04. The maximum atomic E-state index is 12.5. The summed E-state index contributed by atoms with van der Waals surface area (Å²) in [5.41, 5.74) is 1.71. The van der Waals surface area contributed by atoms with Crippen LogP contribution in [-0.4, -0.2) is 32.1 Å². The van der Waals surface area contributed by atoms with Crippen LogP contribution in [0.5, 0.6) is 11.5 Å². The minimum Gasteiger partial charge on any atom is -0.497 e. The van der Waals surface area contributed by atoms with E-state index in [0.717, 1.165) is 37.0 Å². The Labute approximate surface area is 162 Å². The van der Waals surface area contributed by atoms with Crippen molar-refractivity contribution in [3.63, 3.8) is 0 Å². The Morgan fingerprint density at radius 3 is 2.52 bits per heavy atom. The minimum atomic E-state index is -0.282. The highest BCUT2D eigenvalue weighted by Crippen LogP contribution is 2.38. The minimum absolute atomic E-state index is 0.121. The lowest BCUT2D eigenvalue weighted by Crippen LogP contribution is -2.26. The lowest BCUT2D eigenvalue weighted by Gasteiger charge is -2.13. The maximum absolute atomic E-state index is 12.5. The average Bonchev–Trinajstić information content (AvgIpc) is 3.04. The van der Waals surface area contributed by atoms with Crippen LogP contribution in [0.4, 0.5) is 5.00 Å². The standard InChI is InChI=1S/C20H24N2O4S/c1-3-21-19(24)18-15-6-4-5-7-16(15)27-20(18)22-17(23)12-26-14-10-8-13(25-2)9-11-14/h8-11H,3-7,12H2,1-2H3,(H,21,24)(H,22,23). The number of nitrogens with one attached hydrogen (secondary N) is 2. The van der Waals surface area contributed by atoms with Gasteiger partial charge in [-0.1, -0.05) is 0 Å². The average molecular weight is 388 g/mol. The van der Waals surface area contributed by atoms with Crippen LogP contribution in [0.15, 0.2) is 24.3 Å². The van der Waals surface area contributed by atoms with Crippen LogP contribution in [0.1, 0.15) is 40.6 Å². The van der Waals surface area contributed by atoms with E-state index in [1.54, 1.807) is 31.4 Å². The molecule has 0 atom stereocenters. The zero-order chi connectivity index (χ0) is 19.2. The Morgan fingerprint density at radius 2 is 1.81 bits per heavy atom. The molecule has 1 aliphatic carbocycles. The number of thiophene rings is 1. The van der Waals surface area contributed by atoms with Crippen LogP contribution in [0.3, 0.4) is 0 Å². The number of fused-ring (bicyclic) bond motifs is 1. The van der Waals surface area contributed by atoms with Crippen molar-refractivity contribution in [3.05, 3.63) is 40.3 Å². The molecular formula is C20H24N2O4S. The molecule has 2 aromatic rings. The predicted molar refractivity (Wildman–Crippen MR) is 106 cm³/mol. The summed E-state index contributed by atoms with van der Waals surface area (Å²) >= 11 is 1.51. The molecule has 2 N–H and O–H groups in total. The highest BCUT2D eigenvalue weighted by Gasteiger charge is 2.26. The topological polar surface area (TPSA) is 76.7 Å². The van der Waals surface area contributed by atoms with Gasteiger partial charge in [0.25, 0.3) is 11.8 Å². The molecular weight excluding hydrogens is 364 g/mol. The lowest BCUT2D eigenvalue weighted by atomic mass is 9.95. The molecule has 0 saturated heterocycles.